The summed E-state index contributed by atoms with van der Waals surface area (Å²) in [6.45, 7) is 8.24. The highest BCUT2D eigenvalue weighted by Crippen LogP contribution is 2.34. The molecule has 118 valence electrons. The molecule has 1 saturated heterocycles. The molecule has 3 nitrogen and oxygen atoms in total. The van der Waals surface area contributed by atoms with Gasteiger partial charge in [-0.3, -0.25) is 0 Å². The Morgan fingerprint density at radius 3 is 2.57 bits per heavy atom. The van der Waals surface area contributed by atoms with Gasteiger partial charge in [-0.15, -0.1) is 0 Å². The number of hydrogen-bond acceptors (Lipinski definition) is 3. The zero-order chi connectivity index (χ0) is 15.4. The highest BCUT2D eigenvalue weighted by atomic mass is 79.9. The summed E-state index contributed by atoms with van der Waals surface area (Å²) in [5.74, 6) is 1.58. The molecule has 1 heterocycles. The number of ether oxygens (including phenoxy) is 1. The maximum Gasteiger partial charge on any atom is 0.147 e. The van der Waals surface area contributed by atoms with Crippen LogP contribution in [0.3, 0.4) is 0 Å². The van der Waals surface area contributed by atoms with Gasteiger partial charge in [0.2, 0.25) is 0 Å². The van der Waals surface area contributed by atoms with E-state index in [2.05, 4.69) is 68.2 Å². The Bertz CT molecular complexity index is 458. The SMILES string of the molecule is CCOc1c(Br)cc(CNC2CCN(C)CC2C)cc1Br. The van der Waals surface area contributed by atoms with E-state index in [0.29, 0.717) is 18.6 Å². The summed E-state index contributed by atoms with van der Waals surface area (Å²) in [5, 5.41) is 3.70. The second-order valence-electron chi connectivity index (χ2n) is 5.84. The molecule has 1 aliphatic rings. The van der Waals surface area contributed by atoms with Crippen molar-refractivity contribution in [1.29, 1.82) is 0 Å². The van der Waals surface area contributed by atoms with Gasteiger partial charge in [0, 0.05) is 19.1 Å². The van der Waals surface area contributed by atoms with Crippen LogP contribution in [0.1, 0.15) is 25.8 Å². The molecule has 0 spiro atoms. The van der Waals surface area contributed by atoms with Crippen LogP contribution in [0.25, 0.3) is 0 Å². The van der Waals surface area contributed by atoms with Gasteiger partial charge in [0.1, 0.15) is 5.75 Å². The second kappa shape index (κ2) is 7.95. The molecule has 2 unspecified atom stereocenters. The zero-order valence-electron chi connectivity index (χ0n) is 13.0. The molecule has 0 saturated carbocycles. The van der Waals surface area contributed by atoms with Gasteiger partial charge in [0.15, 0.2) is 0 Å². The van der Waals surface area contributed by atoms with Crippen LogP contribution in [0, 0.1) is 5.92 Å². The summed E-state index contributed by atoms with van der Waals surface area (Å²) in [7, 11) is 2.20. The van der Waals surface area contributed by atoms with Gasteiger partial charge in [0.25, 0.3) is 0 Å². The van der Waals surface area contributed by atoms with Crippen molar-refractivity contribution < 1.29 is 4.74 Å². The minimum absolute atomic E-state index is 0.602. The molecule has 0 bridgehead atoms. The lowest BCUT2D eigenvalue weighted by molar-refractivity contribution is 0.174. The monoisotopic (exact) mass is 418 g/mol. The number of nitrogens with zero attached hydrogens (tertiary/aromatic N) is 1. The molecule has 0 radical (unpaired) electrons. The quantitative estimate of drug-likeness (QED) is 0.779. The molecular weight excluding hydrogens is 396 g/mol. The minimum Gasteiger partial charge on any atom is -0.492 e. The summed E-state index contributed by atoms with van der Waals surface area (Å²) in [6, 6.07) is 4.88. The summed E-state index contributed by atoms with van der Waals surface area (Å²) in [4.78, 5) is 2.41. The molecule has 1 fully saturated rings. The third kappa shape index (κ3) is 4.68. The summed E-state index contributed by atoms with van der Waals surface area (Å²) < 4.78 is 7.64. The van der Waals surface area contributed by atoms with E-state index >= 15 is 0 Å². The fraction of sp³-hybridized carbons (Fsp3) is 0.625. The summed E-state index contributed by atoms with van der Waals surface area (Å²) in [6.07, 6.45) is 1.22. The van der Waals surface area contributed by atoms with E-state index in [1.54, 1.807) is 0 Å². The molecule has 2 atom stereocenters. The van der Waals surface area contributed by atoms with E-state index in [9.17, 15) is 0 Å². The normalized spacial score (nSPS) is 23.3. The molecule has 1 aromatic carbocycles. The van der Waals surface area contributed by atoms with E-state index in [-0.39, 0.29) is 0 Å². The van der Waals surface area contributed by atoms with Crippen LogP contribution >= 0.6 is 31.9 Å². The molecule has 0 amide bonds. The van der Waals surface area contributed by atoms with Crippen molar-refractivity contribution in [2.24, 2.45) is 5.92 Å². The Balaban J connectivity index is 1.97. The van der Waals surface area contributed by atoms with Gasteiger partial charge in [-0.25, -0.2) is 0 Å². The van der Waals surface area contributed by atoms with Crippen molar-refractivity contribution in [3.8, 4) is 5.75 Å². The zero-order valence-corrected chi connectivity index (χ0v) is 16.1. The van der Waals surface area contributed by atoms with Crippen LogP contribution in [0.15, 0.2) is 21.1 Å². The molecule has 5 heteroatoms. The Morgan fingerprint density at radius 2 is 2.00 bits per heavy atom. The van der Waals surface area contributed by atoms with Crippen LogP contribution in [-0.2, 0) is 6.54 Å². The molecule has 21 heavy (non-hydrogen) atoms. The highest BCUT2D eigenvalue weighted by molar-refractivity contribution is 9.11. The van der Waals surface area contributed by atoms with E-state index in [0.717, 1.165) is 21.2 Å². The second-order valence-corrected chi connectivity index (χ2v) is 7.55. The van der Waals surface area contributed by atoms with Crippen molar-refractivity contribution in [1.82, 2.24) is 10.2 Å². The van der Waals surface area contributed by atoms with Gasteiger partial charge >= 0.3 is 0 Å². The van der Waals surface area contributed by atoms with Crippen LogP contribution in [0.4, 0.5) is 0 Å². The third-order valence-corrected chi connectivity index (χ3v) is 5.20. The number of rotatable bonds is 5. The van der Waals surface area contributed by atoms with Crippen LogP contribution in [0.2, 0.25) is 0 Å². The van der Waals surface area contributed by atoms with Crippen molar-refractivity contribution >= 4 is 31.9 Å². The minimum atomic E-state index is 0.602. The Morgan fingerprint density at radius 1 is 1.33 bits per heavy atom. The van der Waals surface area contributed by atoms with E-state index < -0.39 is 0 Å². The van der Waals surface area contributed by atoms with Crippen molar-refractivity contribution in [3.05, 3.63) is 26.6 Å². The third-order valence-electron chi connectivity index (χ3n) is 4.02. The Labute approximate surface area is 144 Å². The molecule has 0 aliphatic carbocycles. The molecule has 1 aliphatic heterocycles. The predicted molar refractivity (Wildman–Crippen MR) is 94.9 cm³/mol. The van der Waals surface area contributed by atoms with Crippen LogP contribution in [0.5, 0.6) is 5.75 Å². The van der Waals surface area contributed by atoms with Crippen molar-refractivity contribution in [2.75, 3.05) is 26.7 Å². The lowest BCUT2D eigenvalue weighted by atomic mass is 9.94. The lowest BCUT2D eigenvalue weighted by Crippen LogP contribution is -2.46. The first-order chi connectivity index (χ1) is 10.0. The fourth-order valence-corrected chi connectivity index (χ4v) is 4.41. The molecule has 1 aromatic rings. The van der Waals surface area contributed by atoms with Gasteiger partial charge < -0.3 is 15.0 Å². The van der Waals surface area contributed by atoms with E-state index in [1.807, 2.05) is 6.92 Å². The average Bonchev–Trinajstić information content (AvgIpc) is 2.42. The van der Waals surface area contributed by atoms with Gasteiger partial charge in [-0.1, -0.05) is 6.92 Å². The van der Waals surface area contributed by atoms with Crippen molar-refractivity contribution in [2.45, 2.75) is 32.9 Å². The topological polar surface area (TPSA) is 24.5 Å². The lowest BCUT2D eigenvalue weighted by Gasteiger charge is -2.35. The maximum absolute atomic E-state index is 5.63. The number of hydrogen-bond donors (Lipinski definition) is 1. The molecule has 2 rings (SSSR count). The Kier molecular flexibility index (Phi) is 6.53. The first-order valence-electron chi connectivity index (χ1n) is 7.54. The number of piperidine rings is 1. The Hall–Kier alpha value is -0.100. The van der Waals surface area contributed by atoms with Crippen molar-refractivity contribution in [3.63, 3.8) is 0 Å². The smallest absolute Gasteiger partial charge is 0.147 e. The first-order valence-corrected chi connectivity index (χ1v) is 9.12. The number of likely N-dealkylation sites (tertiary alicyclic amines) is 1. The van der Waals surface area contributed by atoms with E-state index in [4.69, 9.17) is 4.74 Å². The average molecular weight is 420 g/mol. The predicted octanol–water partition coefficient (Wildman–Crippen LogP) is 4.04. The molecular formula is C16H24Br2N2O. The van der Waals surface area contributed by atoms with Gasteiger partial charge in [-0.2, -0.15) is 0 Å². The summed E-state index contributed by atoms with van der Waals surface area (Å²) in [5.41, 5.74) is 1.27. The maximum atomic E-state index is 5.63. The standard InChI is InChI=1S/C16H24Br2N2O/c1-4-21-16-13(17)7-12(8-14(16)18)9-19-15-5-6-20(3)10-11(15)2/h7-8,11,15,19H,4-6,9-10H2,1-3H3. The summed E-state index contributed by atoms with van der Waals surface area (Å²) >= 11 is 7.19. The molecule has 1 N–H and O–H groups in total. The van der Waals surface area contributed by atoms with Gasteiger partial charge in [-0.05, 0) is 82.4 Å². The first kappa shape index (κ1) is 17.3. The van der Waals surface area contributed by atoms with E-state index in [1.165, 1.54) is 25.1 Å². The fourth-order valence-electron chi connectivity index (χ4n) is 2.90. The number of nitrogens with one attached hydrogen (secondary N) is 1. The highest BCUT2D eigenvalue weighted by Gasteiger charge is 2.23. The number of benzene rings is 1. The number of halogens is 2. The largest absolute Gasteiger partial charge is 0.492 e. The van der Waals surface area contributed by atoms with Crippen LogP contribution < -0.4 is 10.1 Å². The molecule has 0 aromatic heterocycles. The van der Waals surface area contributed by atoms with Gasteiger partial charge in [0.05, 0.1) is 15.6 Å². The van der Waals surface area contributed by atoms with Crippen LogP contribution in [-0.4, -0.2) is 37.7 Å².